The topological polar surface area (TPSA) is 40.5 Å². The van der Waals surface area contributed by atoms with E-state index < -0.39 is 5.97 Å². The van der Waals surface area contributed by atoms with E-state index in [1.807, 2.05) is 6.08 Å². The standard InChI is InChI=1S/C9H15NO2/c1-2-5-10-6-3-4-8(7-10)9(11)12/h2,8H,1,3-7H2,(H,11,12)/t8-/m1/s1. The molecule has 0 saturated carbocycles. The zero-order valence-corrected chi connectivity index (χ0v) is 7.20. The number of carbonyl (C=O) groups is 1. The molecular formula is C9H15NO2. The number of rotatable bonds is 3. The molecule has 1 heterocycles. The van der Waals surface area contributed by atoms with E-state index in [0.717, 1.165) is 25.9 Å². The highest BCUT2D eigenvalue weighted by molar-refractivity contribution is 5.70. The van der Waals surface area contributed by atoms with Gasteiger partial charge in [0, 0.05) is 13.1 Å². The molecule has 0 bridgehead atoms. The van der Waals surface area contributed by atoms with Crippen LogP contribution in [-0.4, -0.2) is 35.6 Å². The summed E-state index contributed by atoms with van der Waals surface area (Å²) >= 11 is 0. The van der Waals surface area contributed by atoms with Gasteiger partial charge in [0.1, 0.15) is 0 Å². The van der Waals surface area contributed by atoms with Crippen LogP contribution in [0.5, 0.6) is 0 Å². The van der Waals surface area contributed by atoms with Crippen molar-refractivity contribution in [3.05, 3.63) is 12.7 Å². The molecule has 1 aliphatic rings. The molecule has 1 N–H and O–H groups in total. The largest absolute Gasteiger partial charge is 0.481 e. The van der Waals surface area contributed by atoms with Gasteiger partial charge in [-0.2, -0.15) is 0 Å². The van der Waals surface area contributed by atoms with Gasteiger partial charge in [-0.3, -0.25) is 9.69 Å². The van der Waals surface area contributed by atoms with E-state index in [1.165, 1.54) is 0 Å². The Morgan fingerprint density at radius 2 is 2.50 bits per heavy atom. The number of nitrogens with zero attached hydrogens (tertiary/aromatic N) is 1. The molecule has 0 radical (unpaired) electrons. The minimum absolute atomic E-state index is 0.168. The Bertz CT molecular complexity index is 179. The van der Waals surface area contributed by atoms with E-state index in [2.05, 4.69) is 11.5 Å². The quantitative estimate of drug-likeness (QED) is 0.640. The Balaban J connectivity index is 2.39. The van der Waals surface area contributed by atoms with Gasteiger partial charge in [-0.05, 0) is 19.4 Å². The minimum Gasteiger partial charge on any atom is -0.481 e. The molecule has 3 heteroatoms. The van der Waals surface area contributed by atoms with Crippen molar-refractivity contribution in [2.45, 2.75) is 12.8 Å². The molecular weight excluding hydrogens is 154 g/mol. The molecule has 0 aromatic carbocycles. The Labute approximate surface area is 72.7 Å². The van der Waals surface area contributed by atoms with Crippen LogP contribution < -0.4 is 0 Å². The van der Waals surface area contributed by atoms with E-state index in [-0.39, 0.29) is 5.92 Å². The van der Waals surface area contributed by atoms with Gasteiger partial charge in [0.05, 0.1) is 5.92 Å². The maximum atomic E-state index is 10.7. The van der Waals surface area contributed by atoms with Crippen molar-refractivity contribution in [2.75, 3.05) is 19.6 Å². The maximum Gasteiger partial charge on any atom is 0.307 e. The highest BCUT2D eigenvalue weighted by Gasteiger charge is 2.24. The molecule has 1 saturated heterocycles. The minimum atomic E-state index is -0.663. The molecule has 0 aliphatic carbocycles. The number of aliphatic carboxylic acids is 1. The summed E-state index contributed by atoms with van der Waals surface area (Å²) in [6.45, 7) is 6.14. The molecule has 12 heavy (non-hydrogen) atoms. The zero-order valence-electron chi connectivity index (χ0n) is 7.20. The average molecular weight is 169 g/mol. The molecule has 1 fully saturated rings. The van der Waals surface area contributed by atoms with Crippen LogP contribution in [-0.2, 0) is 4.79 Å². The van der Waals surface area contributed by atoms with E-state index in [1.54, 1.807) is 0 Å². The van der Waals surface area contributed by atoms with Crippen LogP contribution in [0.4, 0.5) is 0 Å². The average Bonchev–Trinajstić information content (AvgIpc) is 2.05. The van der Waals surface area contributed by atoms with Gasteiger partial charge in [-0.25, -0.2) is 0 Å². The van der Waals surface area contributed by atoms with Crippen molar-refractivity contribution in [3.63, 3.8) is 0 Å². The highest BCUT2D eigenvalue weighted by atomic mass is 16.4. The van der Waals surface area contributed by atoms with Gasteiger partial charge in [-0.15, -0.1) is 6.58 Å². The third-order valence-corrected chi connectivity index (χ3v) is 2.24. The zero-order chi connectivity index (χ0) is 8.97. The summed E-state index contributed by atoms with van der Waals surface area (Å²) in [5.41, 5.74) is 0. The Morgan fingerprint density at radius 3 is 3.08 bits per heavy atom. The first kappa shape index (κ1) is 9.26. The fourth-order valence-electron chi connectivity index (χ4n) is 1.61. The van der Waals surface area contributed by atoms with E-state index >= 15 is 0 Å². The van der Waals surface area contributed by atoms with Crippen molar-refractivity contribution >= 4 is 5.97 Å². The summed E-state index contributed by atoms with van der Waals surface area (Å²) in [7, 11) is 0. The lowest BCUT2D eigenvalue weighted by Gasteiger charge is -2.29. The van der Waals surface area contributed by atoms with Crippen molar-refractivity contribution in [3.8, 4) is 0 Å². The van der Waals surface area contributed by atoms with E-state index in [4.69, 9.17) is 5.11 Å². The second-order valence-corrected chi connectivity index (χ2v) is 3.23. The summed E-state index contributed by atoms with van der Waals surface area (Å²) in [6, 6.07) is 0. The van der Waals surface area contributed by atoms with Gasteiger partial charge in [0.25, 0.3) is 0 Å². The van der Waals surface area contributed by atoms with Crippen LogP contribution in [0.1, 0.15) is 12.8 Å². The summed E-state index contributed by atoms with van der Waals surface area (Å²) < 4.78 is 0. The number of piperidine rings is 1. The second kappa shape index (κ2) is 4.26. The molecule has 68 valence electrons. The molecule has 3 nitrogen and oxygen atoms in total. The summed E-state index contributed by atoms with van der Waals surface area (Å²) in [4.78, 5) is 12.8. The molecule has 1 rings (SSSR count). The number of carboxylic acids is 1. The van der Waals surface area contributed by atoms with Gasteiger partial charge < -0.3 is 5.11 Å². The Kier molecular flexibility index (Phi) is 3.29. The fraction of sp³-hybridized carbons (Fsp3) is 0.667. The second-order valence-electron chi connectivity index (χ2n) is 3.23. The highest BCUT2D eigenvalue weighted by Crippen LogP contribution is 2.15. The Hall–Kier alpha value is -0.830. The number of hydrogen-bond acceptors (Lipinski definition) is 2. The van der Waals surface area contributed by atoms with Crippen molar-refractivity contribution in [1.29, 1.82) is 0 Å². The van der Waals surface area contributed by atoms with Crippen LogP contribution >= 0.6 is 0 Å². The third kappa shape index (κ3) is 2.34. The number of carboxylic acid groups (broad SMARTS) is 1. The first-order valence-electron chi connectivity index (χ1n) is 4.30. The number of likely N-dealkylation sites (tertiary alicyclic amines) is 1. The van der Waals surface area contributed by atoms with Crippen LogP contribution in [0.25, 0.3) is 0 Å². The molecule has 0 amide bonds. The summed E-state index contributed by atoms with van der Waals surface area (Å²) in [6.07, 6.45) is 3.64. The lowest BCUT2D eigenvalue weighted by molar-refractivity contribution is -0.143. The van der Waals surface area contributed by atoms with Crippen LogP contribution in [0.3, 0.4) is 0 Å². The Morgan fingerprint density at radius 1 is 1.75 bits per heavy atom. The maximum absolute atomic E-state index is 10.7. The van der Waals surface area contributed by atoms with Crippen molar-refractivity contribution in [1.82, 2.24) is 4.90 Å². The van der Waals surface area contributed by atoms with Crippen LogP contribution in [0.15, 0.2) is 12.7 Å². The molecule has 0 aromatic heterocycles. The molecule has 0 spiro atoms. The lowest BCUT2D eigenvalue weighted by atomic mass is 9.98. The normalized spacial score (nSPS) is 25.2. The summed E-state index contributed by atoms with van der Waals surface area (Å²) in [5, 5.41) is 8.77. The molecule has 0 unspecified atom stereocenters. The monoisotopic (exact) mass is 169 g/mol. The van der Waals surface area contributed by atoms with Gasteiger partial charge in [-0.1, -0.05) is 6.08 Å². The van der Waals surface area contributed by atoms with Gasteiger partial charge >= 0.3 is 5.97 Å². The van der Waals surface area contributed by atoms with Crippen LogP contribution in [0.2, 0.25) is 0 Å². The fourth-order valence-corrected chi connectivity index (χ4v) is 1.61. The molecule has 0 aromatic rings. The lowest BCUT2D eigenvalue weighted by Crippen LogP contribution is -2.38. The molecule has 1 atom stereocenters. The van der Waals surface area contributed by atoms with E-state index in [0.29, 0.717) is 6.54 Å². The van der Waals surface area contributed by atoms with Gasteiger partial charge in [0.15, 0.2) is 0 Å². The van der Waals surface area contributed by atoms with Crippen molar-refractivity contribution in [2.24, 2.45) is 5.92 Å². The van der Waals surface area contributed by atoms with Gasteiger partial charge in [0.2, 0.25) is 0 Å². The predicted molar refractivity (Wildman–Crippen MR) is 47.0 cm³/mol. The van der Waals surface area contributed by atoms with E-state index in [9.17, 15) is 4.79 Å². The SMILES string of the molecule is C=CCN1CCC[C@@H](C(=O)O)C1. The number of hydrogen-bond donors (Lipinski definition) is 1. The van der Waals surface area contributed by atoms with Crippen LogP contribution in [0, 0.1) is 5.92 Å². The third-order valence-electron chi connectivity index (χ3n) is 2.24. The van der Waals surface area contributed by atoms with Crippen molar-refractivity contribution < 1.29 is 9.90 Å². The summed E-state index contributed by atoms with van der Waals surface area (Å²) in [5.74, 6) is -0.831. The first-order chi connectivity index (χ1) is 5.74. The predicted octanol–water partition coefficient (Wildman–Crippen LogP) is 0.969. The molecule has 1 aliphatic heterocycles. The smallest absolute Gasteiger partial charge is 0.307 e. The first-order valence-corrected chi connectivity index (χ1v) is 4.30.